The fraction of sp³-hybridized carbons (Fsp3) is 0.400. The molecule has 1 aliphatic rings. The first-order chi connectivity index (χ1) is 9.19. The number of nitrogens with zero attached hydrogens (tertiary/aromatic N) is 1. The Morgan fingerprint density at radius 2 is 2.21 bits per heavy atom. The molecule has 100 valence electrons. The lowest BCUT2D eigenvalue weighted by Gasteiger charge is -2.08. The Morgan fingerprint density at radius 1 is 1.42 bits per heavy atom. The normalized spacial score (nSPS) is 16.4. The number of rotatable bonds is 4. The van der Waals surface area contributed by atoms with Crippen molar-refractivity contribution in [1.82, 2.24) is 4.98 Å². The predicted molar refractivity (Wildman–Crippen MR) is 78.5 cm³/mol. The Balaban J connectivity index is 1.95. The second-order valence-corrected chi connectivity index (χ2v) is 6.03. The molecular formula is C15H18N2OS. The molecule has 1 saturated carbocycles. The molecule has 0 aliphatic heterocycles. The fourth-order valence-electron chi connectivity index (χ4n) is 2.24. The van der Waals surface area contributed by atoms with Crippen LogP contribution in [0.2, 0.25) is 0 Å². The summed E-state index contributed by atoms with van der Waals surface area (Å²) in [7, 11) is 1.69. The Hall–Kier alpha value is -1.39. The summed E-state index contributed by atoms with van der Waals surface area (Å²) in [6.45, 7) is 2.08. The van der Waals surface area contributed by atoms with E-state index in [1.807, 2.05) is 12.1 Å². The van der Waals surface area contributed by atoms with Crippen LogP contribution in [0.15, 0.2) is 23.6 Å². The van der Waals surface area contributed by atoms with Crippen LogP contribution in [-0.2, 0) is 0 Å². The van der Waals surface area contributed by atoms with Crippen LogP contribution in [0.4, 0.5) is 0 Å². The van der Waals surface area contributed by atoms with Crippen LogP contribution in [0.1, 0.15) is 29.5 Å². The van der Waals surface area contributed by atoms with Crippen LogP contribution in [0.25, 0.3) is 11.3 Å². The van der Waals surface area contributed by atoms with Gasteiger partial charge < -0.3 is 10.5 Å². The van der Waals surface area contributed by atoms with Crippen LogP contribution in [0.5, 0.6) is 5.75 Å². The first kappa shape index (κ1) is 12.6. The van der Waals surface area contributed by atoms with Gasteiger partial charge in [-0.15, -0.1) is 11.3 Å². The van der Waals surface area contributed by atoms with Gasteiger partial charge in [0.2, 0.25) is 0 Å². The molecule has 0 radical (unpaired) electrons. The first-order valence-corrected chi connectivity index (χ1v) is 7.43. The third-order valence-corrected chi connectivity index (χ3v) is 4.51. The van der Waals surface area contributed by atoms with Gasteiger partial charge in [-0.1, -0.05) is 11.6 Å². The summed E-state index contributed by atoms with van der Waals surface area (Å²) in [5.41, 5.74) is 9.43. The van der Waals surface area contributed by atoms with Gasteiger partial charge in [-0.05, 0) is 37.8 Å². The molecule has 1 aromatic carbocycles. The summed E-state index contributed by atoms with van der Waals surface area (Å²) in [6, 6.07) is 6.26. The zero-order valence-electron chi connectivity index (χ0n) is 11.2. The molecule has 1 heterocycles. The minimum absolute atomic E-state index is 0.106. The van der Waals surface area contributed by atoms with E-state index in [-0.39, 0.29) is 6.04 Å². The van der Waals surface area contributed by atoms with E-state index >= 15 is 0 Å². The molecule has 2 N–H and O–H groups in total. The van der Waals surface area contributed by atoms with E-state index in [0.29, 0.717) is 5.92 Å². The number of hydrogen-bond acceptors (Lipinski definition) is 4. The topological polar surface area (TPSA) is 48.1 Å². The van der Waals surface area contributed by atoms with Crippen molar-refractivity contribution in [2.75, 3.05) is 7.11 Å². The number of ether oxygens (including phenoxy) is 1. The van der Waals surface area contributed by atoms with Gasteiger partial charge in [0, 0.05) is 10.9 Å². The molecule has 1 fully saturated rings. The molecule has 1 aliphatic carbocycles. The zero-order valence-corrected chi connectivity index (χ0v) is 12.0. The van der Waals surface area contributed by atoms with E-state index in [2.05, 4.69) is 18.4 Å². The second-order valence-electron chi connectivity index (χ2n) is 5.14. The Morgan fingerprint density at radius 3 is 2.89 bits per heavy atom. The average molecular weight is 274 g/mol. The quantitative estimate of drug-likeness (QED) is 0.927. The molecule has 0 bridgehead atoms. The van der Waals surface area contributed by atoms with Crippen molar-refractivity contribution in [1.29, 1.82) is 0 Å². The van der Waals surface area contributed by atoms with Crippen molar-refractivity contribution in [2.24, 2.45) is 11.7 Å². The monoisotopic (exact) mass is 274 g/mol. The van der Waals surface area contributed by atoms with Crippen LogP contribution in [0.3, 0.4) is 0 Å². The smallest absolute Gasteiger partial charge is 0.128 e. The minimum Gasteiger partial charge on any atom is -0.496 e. The molecular weight excluding hydrogens is 256 g/mol. The highest BCUT2D eigenvalue weighted by molar-refractivity contribution is 7.10. The summed E-state index contributed by atoms with van der Waals surface area (Å²) in [5, 5.41) is 3.12. The largest absolute Gasteiger partial charge is 0.496 e. The summed E-state index contributed by atoms with van der Waals surface area (Å²) >= 11 is 1.65. The van der Waals surface area contributed by atoms with Gasteiger partial charge in [-0.25, -0.2) is 4.98 Å². The van der Waals surface area contributed by atoms with E-state index in [9.17, 15) is 0 Å². The van der Waals surface area contributed by atoms with Crippen molar-refractivity contribution >= 4 is 11.3 Å². The number of methoxy groups -OCH3 is 1. The molecule has 0 amide bonds. The number of benzene rings is 1. The predicted octanol–water partition coefficient (Wildman–Crippen LogP) is 3.54. The van der Waals surface area contributed by atoms with Crippen molar-refractivity contribution < 1.29 is 4.74 Å². The van der Waals surface area contributed by atoms with Crippen LogP contribution in [-0.4, -0.2) is 12.1 Å². The van der Waals surface area contributed by atoms with Crippen molar-refractivity contribution in [3.63, 3.8) is 0 Å². The number of nitrogens with two attached hydrogens (primary N) is 1. The molecule has 1 atom stereocenters. The van der Waals surface area contributed by atoms with E-state index < -0.39 is 0 Å². The summed E-state index contributed by atoms with van der Waals surface area (Å²) in [5.74, 6) is 1.50. The van der Waals surface area contributed by atoms with E-state index in [1.165, 1.54) is 18.4 Å². The van der Waals surface area contributed by atoms with Gasteiger partial charge in [0.1, 0.15) is 10.8 Å². The van der Waals surface area contributed by atoms with Crippen LogP contribution >= 0.6 is 11.3 Å². The maximum absolute atomic E-state index is 6.21. The standard InChI is InChI=1S/C15H18N2OS/c1-9-3-6-13(18-2)11(7-9)12-8-19-15(17-12)14(16)10-4-5-10/h3,6-8,10,14H,4-5,16H2,1-2H3. The number of aromatic nitrogens is 1. The molecule has 4 heteroatoms. The third kappa shape index (κ3) is 2.51. The highest BCUT2D eigenvalue weighted by Gasteiger charge is 2.31. The molecule has 19 heavy (non-hydrogen) atoms. The lowest BCUT2D eigenvalue weighted by molar-refractivity contribution is 0.416. The van der Waals surface area contributed by atoms with Gasteiger partial charge in [-0.2, -0.15) is 0 Å². The van der Waals surface area contributed by atoms with Gasteiger partial charge in [0.15, 0.2) is 0 Å². The highest BCUT2D eigenvalue weighted by Crippen LogP contribution is 2.41. The van der Waals surface area contributed by atoms with Crippen molar-refractivity contribution in [3.8, 4) is 17.0 Å². The van der Waals surface area contributed by atoms with Gasteiger partial charge in [0.25, 0.3) is 0 Å². The van der Waals surface area contributed by atoms with Crippen LogP contribution < -0.4 is 10.5 Å². The maximum atomic E-state index is 6.21. The minimum atomic E-state index is 0.106. The summed E-state index contributed by atoms with van der Waals surface area (Å²) in [6.07, 6.45) is 2.48. The van der Waals surface area contributed by atoms with Gasteiger partial charge in [-0.3, -0.25) is 0 Å². The van der Waals surface area contributed by atoms with Gasteiger partial charge in [0.05, 0.1) is 18.8 Å². The molecule has 0 spiro atoms. The van der Waals surface area contributed by atoms with E-state index in [4.69, 9.17) is 15.5 Å². The molecule has 2 aromatic rings. The average Bonchev–Trinajstić information content (AvgIpc) is 3.15. The zero-order chi connectivity index (χ0) is 13.4. The van der Waals surface area contributed by atoms with E-state index in [1.54, 1.807) is 18.4 Å². The Kier molecular flexibility index (Phi) is 3.29. The maximum Gasteiger partial charge on any atom is 0.128 e. The van der Waals surface area contributed by atoms with Crippen molar-refractivity contribution in [2.45, 2.75) is 25.8 Å². The molecule has 0 saturated heterocycles. The molecule has 3 nitrogen and oxygen atoms in total. The molecule has 1 aromatic heterocycles. The van der Waals surface area contributed by atoms with Gasteiger partial charge >= 0.3 is 0 Å². The fourth-order valence-corrected chi connectivity index (χ4v) is 3.16. The molecule has 3 rings (SSSR count). The van der Waals surface area contributed by atoms with E-state index in [0.717, 1.165) is 22.0 Å². The molecule has 1 unspecified atom stereocenters. The Bertz CT molecular complexity index is 590. The lowest BCUT2D eigenvalue weighted by Crippen LogP contribution is -2.11. The van der Waals surface area contributed by atoms with Crippen LogP contribution in [0, 0.1) is 12.8 Å². The Labute approximate surface area is 117 Å². The number of hydrogen-bond donors (Lipinski definition) is 1. The number of thiazole rings is 1. The highest BCUT2D eigenvalue weighted by atomic mass is 32.1. The van der Waals surface area contributed by atoms with Crippen molar-refractivity contribution in [3.05, 3.63) is 34.2 Å². The second kappa shape index (κ2) is 4.94. The SMILES string of the molecule is COc1ccc(C)cc1-c1csc(C(N)C2CC2)n1. The first-order valence-electron chi connectivity index (χ1n) is 6.55. The third-order valence-electron chi connectivity index (χ3n) is 3.57. The summed E-state index contributed by atoms with van der Waals surface area (Å²) < 4.78 is 5.42. The summed E-state index contributed by atoms with van der Waals surface area (Å²) in [4.78, 5) is 4.70. The number of aryl methyl sites for hydroxylation is 1. The lowest BCUT2D eigenvalue weighted by atomic mass is 10.1.